The Labute approximate surface area is 143 Å². The number of hydrogen-bond acceptors (Lipinski definition) is 2. The summed E-state index contributed by atoms with van der Waals surface area (Å²) in [6.07, 6.45) is 3.75. The highest BCUT2D eigenvalue weighted by molar-refractivity contribution is 14.1. The van der Waals surface area contributed by atoms with Crippen molar-refractivity contribution < 1.29 is 8.42 Å². The molecular weight excluding hydrogens is 411 g/mol. The summed E-state index contributed by atoms with van der Waals surface area (Å²) in [5, 5.41) is 0. The van der Waals surface area contributed by atoms with Crippen molar-refractivity contribution >= 4 is 38.3 Å². The summed E-state index contributed by atoms with van der Waals surface area (Å²) in [5.74, 6) is 0. The molecule has 0 fully saturated rings. The van der Waals surface area contributed by atoms with Crippen LogP contribution in [0.1, 0.15) is 0 Å². The smallest absolute Gasteiger partial charge is 0.261 e. The van der Waals surface area contributed by atoms with Crippen LogP contribution in [0.2, 0.25) is 0 Å². The Morgan fingerprint density at radius 1 is 0.864 bits per heavy atom. The minimum atomic E-state index is -3.61. The van der Waals surface area contributed by atoms with Crippen LogP contribution in [0.15, 0.2) is 78.0 Å². The number of anilines is 1. The summed E-state index contributed by atoms with van der Waals surface area (Å²) in [5.41, 5.74) is 1.32. The highest BCUT2D eigenvalue weighted by Gasteiger charge is 2.16. The molecule has 112 valence electrons. The largest absolute Gasteiger partial charge is 0.322 e. The van der Waals surface area contributed by atoms with Gasteiger partial charge in [0.15, 0.2) is 0 Å². The molecule has 1 heterocycles. The molecule has 0 bridgehead atoms. The fraction of sp³-hybridized carbons (Fsp3) is 0. The first-order valence-corrected chi connectivity index (χ1v) is 9.13. The van der Waals surface area contributed by atoms with Crippen molar-refractivity contribution in [1.82, 2.24) is 4.57 Å². The molecule has 0 unspecified atom stereocenters. The Morgan fingerprint density at radius 2 is 1.50 bits per heavy atom. The lowest BCUT2D eigenvalue weighted by Crippen LogP contribution is -2.14. The zero-order valence-corrected chi connectivity index (χ0v) is 14.5. The van der Waals surface area contributed by atoms with Gasteiger partial charge in [0.1, 0.15) is 0 Å². The van der Waals surface area contributed by atoms with Gasteiger partial charge in [-0.2, -0.15) is 0 Å². The van der Waals surface area contributed by atoms with Gasteiger partial charge in [-0.05, 0) is 71.1 Å². The minimum absolute atomic E-state index is 0.246. The summed E-state index contributed by atoms with van der Waals surface area (Å²) in [6.45, 7) is 0. The van der Waals surface area contributed by atoms with Gasteiger partial charge in [-0.25, -0.2) is 8.42 Å². The predicted octanol–water partition coefficient (Wildman–Crippen LogP) is 3.88. The Morgan fingerprint density at radius 3 is 2.18 bits per heavy atom. The van der Waals surface area contributed by atoms with Crippen molar-refractivity contribution in [3.05, 3.63) is 76.6 Å². The van der Waals surface area contributed by atoms with Crippen molar-refractivity contribution in [1.29, 1.82) is 0 Å². The van der Waals surface area contributed by atoms with E-state index in [9.17, 15) is 8.42 Å². The van der Waals surface area contributed by atoms with E-state index in [0.29, 0.717) is 5.69 Å². The maximum absolute atomic E-state index is 12.5. The Balaban J connectivity index is 1.98. The molecule has 0 amide bonds. The first kappa shape index (κ1) is 15.1. The molecule has 3 rings (SSSR count). The number of hydrogen-bond donors (Lipinski definition) is 1. The zero-order valence-electron chi connectivity index (χ0n) is 11.5. The second-order valence-electron chi connectivity index (χ2n) is 4.67. The van der Waals surface area contributed by atoms with Gasteiger partial charge in [-0.15, -0.1) is 0 Å². The van der Waals surface area contributed by atoms with Gasteiger partial charge in [0.05, 0.1) is 16.3 Å². The van der Waals surface area contributed by atoms with Crippen LogP contribution in [-0.4, -0.2) is 13.0 Å². The first-order valence-electron chi connectivity index (χ1n) is 6.57. The van der Waals surface area contributed by atoms with E-state index < -0.39 is 10.0 Å². The van der Waals surface area contributed by atoms with Crippen molar-refractivity contribution in [3.63, 3.8) is 0 Å². The second kappa shape index (κ2) is 6.13. The molecule has 0 aliphatic rings. The normalized spacial score (nSPS) is 11.3. The van der Waals surface area contributed by atoms with Crippen molar-refractivity contribution in [2.75, 3.05) is 4.72 Å². The van der Waals surface area contributed by atoms with Crippen molar-refractivity contribution in [2.45, 2.75) is 4.90 Å². The van der Waals surface area contributed by atoms with E-state index in [0.717, 1.165) is 9.26 Å². The number of para-hydroxylation sites is 2. The van der Waals surface area contributed by atoms with Crippen LogP contribution in [0.5, 0.6) is 0 Å². The molecule has 0 saturated carbocycles. The zero-order chi connectivity index (χ0) is 15.6. The van der Waals surface area contributed by atoms with Gasteiger partial charge in [-0.3, -0.25) is 4.72 Å². The van der Waals surface area contributed by atoms with Crippen LogP contribution < -0.4 is 4.72 Å². The summed E-state index contributed by atoms with van der Waals surface area (Å²) in [4.78, 5) is 0.246. The van der Waals surface area contributed by atoms with Crippen LogP contribution >= 0.6 is 22.6 Å². The van der Waals surface area contributed by atoms with Gasteiger partial charge in [-0.1, -0.05) is 12.1 Å². The average Bonchev–Trinajstić information content (AvgIpc) is 3.02. The van der Waals surface area contributed by atoms with Gasteiger partial charge >= 0.3 is 0 Å². The molecule has 1 aromatic heterocycles. The molecule has 0 aliphatic carbocycles. The van der Waals surface area contributed by atoms with Gasteiger partial charge in [0.25, 0.3) is 10.0 Å². The van der Waals surface area contributed by atoms with E-state index in [4.69, 9.17) is 0 Å². The Bertz CT molecular complexity index is 873. The van der Waals surface area contributed by atoms with Gasteiger partial charge in [0.2, 0.25) is 0 Å². The summed E-state index contributed by atoms with van der Waals surface area (Å²) in [7, 11) is -3.61. The average molecular weight is 424 g/mol. The Kier molecular flexibility index (Phi) is 4.21. The van der Waals surface area contributed by atoms with E-state index in [2.05, 4.69) is 27.3 Å². The number of benzene rings is 2. The lowest BCUT2D eigenvalue weighted by molar-refractivity contribution is 0.601. The standard InChI is InChI=1S/C16H13IN2O2S/c17-13-7-9-14(10-8-13)22(20,21)18-15-5-1-2-6-16(15)19-11-3-4-12-19/h1-12,18H. The third-order valence-corrected chi connectivity index (χ3v) is 5.26. The topological polar surface area (TPSA) is 51.1 Å². The van der Waals surface area contributed by atoms with Crippen molar-refractivity contribution in [2.24, 2.45) is 0 Å². The highest BCUT2D eigenvalue weighted by Crippen LogP contribution is 2.23. The number of aromatic nitrogens is 1. The summed E-state index contributed by atoms with van der Waals surface area (Å²) >= 11 is 2.14. The Hall–Kier alpha value is -1.80. The molecule has 0 atom stereocenters. The predicted molar refractivity (Wildman–Crippen MR) is 95.7 cm³/mol. The van der Waals surface area contributed by atoms with E-state index in [1.54, 1.807) is 36.4 Å². The van der Waals surface area contributed by atoms with Gasteiger partial charge in [0, 0.05) is 16.0 Å². The lowest BCUT2D eigenvalue weighted by atomic mass is 10.3. The molecule has 0 radical (unpaired) electrons. The molecule has 6 heteroatoms. The fourth-order valence-electron chi connectivity index (χ4n) is 2.10. The molecule has 4 nitrogen and oxygen atoms in total. The highest BCUT2D eigenvalue weighted by atomic mass is 127. The number of sulfonamides is 1. The fourth-order valence-corrected chi connectivity index (χ4v) is 3.53. The minimum Gasteiger partial charge on any atom is -0.322 e. The van der Waals surface area contributed by atoms with Crippen molar-refractivity contribution in [3.8, 4) is 5.69 Å². The van der Waals surface area contributed by atoms with E-state index >= 15 is 0 Å². The van der Waals surface area contributed by atoms with Crippen LogP contribution in [0.3, 0.4) is 0 Å². The molecule has 0 aliphatic heterocycles. The third-order valence-electron chi connectivity index (χ3n) is 3.15. The quantitative estimate of drug-likeness (QED) is 0.647. The third kappa shape index (κ3) is 3.17. The molecule has 1 N–H and O–H groups in total. The van der Waals surface area contributed by atoms with Crippen LogP contribution in [0, 0.1) is 3.57 Å². The SMILES string of the molecule is O=S(=O)(Nc1ccccc1-n1cccc1)c1ccc(I)cc1. The van der Waals surface area contributed by atoms with Crippen LogP contribution in [0.25, 0.3) is 5.69 Å². The monoisotopic (exact) mass is 424 g/mol. The maximum Gasteiger partial charge on any atom is 0.261 e. The van der Waals surface area contributed by atoms with E-state index in [1.807, 2.05) is 41.2 Å². The summed E-state index contributed by atoms with van der Waals surface area (Å²) in [6, 6.07) is 17.8. The van der Waals surface area contributed by atoms with Crippen LogP contribution in [0.4, 0.5) is 5.69 Å². The molecule has 0 spiro atoms. The van der Waals surface area contributed by atoms with Gasteiger partial charge < -0.3 is 4.57 Å². The molecule has 3 aromatic rings. The molecular formula is C16H13IN2O2S. The van der Waals surface area contributed by atoms with Crippen LogP contribution in [-0.2, 0) is 10.0 Å². The van der Waals surface area contributed by atoms with E-state index in [1.165, 1.54) is 0 Å². The molecule has 0 saturated heterocycles. The molecule has 22 heavy (non-hydrogen) atoms. The maximum atomic E-state index is 12.5. The molecule has 2 aromatic carbocycles. The lowest BCUT2D eigenvalue weighted by Gasteiger charge is -2.13. The second-order valence-corrected chi connectivity index (χ2v) is 7.59. The number of nitrogens with zero attached hydrogens (tertiary/aromatic N) is 1. The van der Waals surface area contributed by atoms with E-state index in [-0.39, 0.29) is 4.90 Å². The number of nitrogens with one attached hydrogen (secondary N) is 1. The first-order chi connectivity index (χ1) is 10.6. The number of halogens is 1. The summed E-state index contributed by atoms with van der Waals surface area (Å²) < 4.78 is 30.5. The number of rotatable bonds is 4.